The molecule has 0 amide bonds. The summed E-state index contributed by atoms with van der Waals surface area (Å²) in [5.74, 6) is 0.473. The molecule has 3 N–H and O–H groups in total. The van der Waals surface area contributed by atoms with E-state index in [-0.39, 0.29) is 5.75 Å². The maximum atomic E-state index is 11.7. The van der Waals surface area contributed by atoms with Gasteiger partial charge in [0.2, 0.25) is 10.0 Å². The van der Waals surface area contributed by atoms with Gasteiger partial charge in [0.05, 0.1) is 5.75 Å². The SMILES string of the molecule is CC(C)CCNS(=O)(=O)Cc1cccc(N)c1. The van der Waals surface area contributed by atoms with Gasteiger partial charge in [0, 0.05) is 12.2 Å². The zero-order valence-electron chi connectivity index (χ0n) is 10.3. The minimum absolute atomic E-state index is 0.0177. The monoisotopic (exact) mass is 256 g/mol. The quantitative estimate of drug-likeness (QED) is 0.761. The van der Waals surface area contributed by atoms with Crippen LogP contribution in [0.5, 0.6) is 0 Å². The van der Waals surface area contributed by atoms with Crippen molar-refractivity contribution in [3.8, 4) is 0 Å². The van der Waals surface area contributed by atoms with Gasteiger partial charge >= 0.3 is 0 Å². The molecule has 96 valence electrons. The molecule has 0 unspecified atom stereocenters. The summed E-state index contributed by atoms with van der Waals surface area (Å²) in [4.78, 5) is 0. The first kappa shape index (κ1) is 14.0. The van der Waals surface area contributed by atoms with E-state index in [4.69, 9.17) is 5.73 Å². The molecule has 0 spiro atoms. The zero-order valence-corrected chi connectivity index (χ0v) is 11.1. The van der Waals surface area contributed by atoms with Crippen molar-refractivity contribution in [3.63, 3.8) is 0 Å². The van der Waals surface area contributed by atoms with Gasteiger partial charge in [-0.15, -0.1) is 0 Å². The highest BCUT2D eigenvalue weighted by Gasteiger charge is 2.11. The van der Waals surface area contributed by atoms with Gasteiger partial charge in [-0.1, -0.05) is 26.0 Å². The van der Waals surface area contributed by atoms with Crippen molar-refractivity contribution in [3.05, 3.63) is 29.8 Å². The summed E-state index contributed by atoms with van der Waals surface area (Å²) in [7, 11) is -3.25. The molecule has 0 bridgehead atoms. The second-order valence-electron chi connectivity index (χ2n) is 4.58. The third kappa shape index (κ3) is 5.70. The van der Waals surface area contributed by atoms with Crippen molar-refractivity contribution in [2.24, 2.45) is 5.92 Å². The van der Waals surface area contributed by atoms with Crippen LogP contribution in [0.25, 0.3) is 0 Å². The molecule has 0 heterocycles. The zero-order chi connectivity index (χ0) is 12.9. The predicted octanol–water partition coefficient (Wildman–Crippen LogP) is 1.73. The average Bonchev–Trinajstić information content (AvgIpc) is 2.15. The number of hydrogen-bond acceptors (Lipinski definition) is 3. The van der Waals surface area contributed by atoms with Crippen LogP contribution in [0.3, 0.4) is 0 Å². The summed E-state index contributed by atoms with van der Waals surface area (Å²) < 4.78 is 26.1. The van der Waals surface area contributed by atoms with Crippen molar-refractivity contribution >= 4 is 15.7 Å². The van der Waals surface area contributed by atoms with Gasteiger partial charge in [-0.3, -0.25) is 0 Å². The van der Waals surface area contributed by atoms with E-state index in [2.05, 4.69) is 18.6 Å². The fourth-order valence-corrected chi connectivity index (χ4v) is 2.61. The minimum atomic E-state index is -3.25. The van der Waals surface area contributed by atoms with Gasteiger partial charge < -0.3 is 5.73 Å². The Kier molecular flexibility index (Phi) is 4.96. The maximum absolute atomic E-state index is 11.7. The Balaban J connectivity index is 2.55. The highest BCUT2D eigenvalue weighted by atomic mass is 32.2. The number of nitrogen functional groups attached to an aromatic ring is 1. The lowest BCUT2D eigenvalue weighted by molar-refractivity contribution is 0.551. The van der Waals surface area contributed by atoms with E-state index >= 15 is 0 Å². The smallest absolute Gasteiger partial charge is 0.215 e. The van der Waals surface area contributed by atoms with E-state index in [0.717, 1.165) is 6.42 Å². The van der Waals surface area contributed by atoms with E-state index < -0.39 is 10.0 Å². The standard InChI is InChI=1S/C12H20N2O2S/c1-10(2)6-7-14-17(15,16)9-11-4-3-5-12(13)8-11/h3-5,8,10,14H,6-7,9,13H2,1-2H3. The molecular formula is C12H20N2O2S. The van der Waals surface area contributed by atoms with Crippen molar-refractivity contribution in [2.75, 3.05) is 12.3 Å². The number of anilines is 1. The van der Waals surface area contributed by atoms with Crippen LogP contribution in [0.2, 0.25) is 0 Å². The highest BCUT2D eigenvalue weighted by molar-refractivity contribution is 7.88. The van der Waals surface area contributed by atoms with Crippen LogP contribution < -0.4 is 10.5 Å². The Labute approximate surface area is 103 Å². The summed E-state index contributed by atoms with van der Waals surface area (Å²) in [6, 6.07) is 6.94. The molecule has 0 radical (unpaired) electrons. The number of rotatable bonds is 6. The first-order valence-corrected chi connectivity index (χ1v) is 7.36. The molecule has 4 nitrogen and oxygen atoms in total. The van der Waals surface area contributed by atoms with Crippen molar-refractivity contribution in [2.45, 2.75) is 26.0 Å². The summed E-state index contributed by atoms with van der Waals surface area (Å²) in [6.45, 7) is 4.61. The van der Waals surface area contributed by atoms with Gasteiger partial charge in [0.25, 0.3) is 0 Å². The minimum Gasteiger partial charge on any atom is -0.399 e. The predicted molar refractivity (Wildman–Crippen MR) is 70.9 cm³/mol. The molecular weight excluding hydrogens is 236 g/mol. The molecule has 1 rings (SSSR count). The third-order valence-electron chi connectivity index (χ3n) is 2.35. The van der Waals surface area contributed by atoms with Crippen LogP contribution in [-0.4, -0.2) is 15.0 Å². The molecule has 5 heteroatoms. The molecule has 0 saturated carbocycles. The van der Waals surface area contributed by atoms with Crippen LogP contribution in [0.4, 0.5) is 5.69 Å². The van der Waals surface area contributed by atoms with Crippen molar-refractivity contribution in [1.29, 1.82) is 0 Å². The fourth-order valence-electron chi connectivity index (χ4n) is 1.46. The molecule has 17 heavy (non-hydrogen) atoms. The maximum Gasteiger partial charge on any atom is 0.215 e. The number of hydrogen-bond donors (Lipinski definition) is 2. The largest absolute Gasteiger partial charge is 0.399 e. The lowest BCUT2D eigenvalue weighted by Crippen LogP contribution is -2.26. The Morgan fingerprint density at radius 1 is 1.35 bits per heavy atom. The normalized spacial score (nSPS) is 11.9. The first-order valence-electron chi connectivity index (χ1n) is 5.71. The molecule has 0 aromatic heterocycles. The molecule has 0 atom stereocenters. The second-order valence-corrected chi connectivity index (χ2v) is 6.39. The molecule has 0 fully saturated rings. The van der Waals surface area contributed by atoms with Crippen LogP contribution >= 0.6 is 0 Å². The lowest BCUT2D eigenvalue weighted by atomic mass is 10.1. The van der Waals surface area contributed by atoms with Gasteiger partial charge in [0.15, 0.2) is 0 Å². The molecule has 0 aliphatic carbocycles. The van der Waals surface area contributed by atoms with E-state index in [0.29, 0.717) is 23.7 Å². The Bertz CT molecular complexity index is 455. The van der Waals surface area contributed by atoms with E-state index in [1.165, 1.54) is 0 Å². The summed E-state index contributed by atoms with van der Waals surface area (Å²) in [5.41, 5.74) is 6.90. The fraction of sp³-hybridized carbons (Fsp3) is 0.500. The molecule has 1 aromatic carbocycles. The number of nitrogens with two attached hydrogens (primary N) is 1. The highest BCUT2D eigenvalue weighted by Crippen LogP contribution is 2.09. The second kappa shape index (κ2) is 6.02. The molecule has 1 aromatic rings. The van der Waals surface area contributed by atoms with Crippen molar-refractivity contribution < 1.29 is 8.42 Å². The Morgan fingerprint density at radius 2 is 2.06 bits per heavy atom. The lowest BCUT2D eigenvalue weighted by Gasteiger charge is -2.08. The molecule has 0 aliphatic rings. The summed E-state index contributed by atoms with van der Waals surface area (Å²) in [5, 5.41) is 0. The van der Waals surface area contributed by atoms with Crippen LogP contribution in [0, 0.1) is 5.92 Å². The van der Waals surface area contributed by atoms with E-state index in [9.17, 15) is 8.42 Å². The van der Waals surface area contributed by atoms with Crippen LogP contribution in [0.1, 0.15) is 25.8 Å². The van der Waals surface area contributed by atoms with Gasteiger partial charge in [-0.25, -0.2) is 13.1 Å². The summed E-state index contributed by atoms with van der Waals surface area (Å²) >= 11 is 0. The van der Waals surface area contributed by atoms with Crippen LogP contribution in [0.15, 0.2) is 24.3 Å². The molecule has 0 saturated heterocycles. The van der Waals surface area contributed by atoms with Gasteiger partial charge in [-0.2, -0.15) is 0 Å². The van der Waals surface area contributed by atoms with Gasteiger partial charge in [-0.05, 0) is 30.0 Å². The molecule has 0 aliphatic heterocycles. The van der Waals surface area contributed by atoms with Crippen molar-refractivity contribution in [1.82, 2.24) is 4.72 Å². The topological polar surface area (TPSA) is 72.2 Å². The number of nitrogens with one attached hydrogen (secondary N) is 1. The van der Waals surface area contributed by atoms with E-state index in [1.54, 1.807) is 24.3 Å². The average molecular weight is 256 g/mol. The summed E-state index contributed by atoms with van der Waals surface area (Å²) in [6.07, 6.45) is 0.843. The van der Waals surface area contributed by atoms with Crippen LogP contribution in [-0.2, 0) is 15.8 Å². The first-order chi connectivity index (χ1) is 7.89. The Morgan fingerprint density at radius 3 is 2.65 bits per heavy atom. The van der Waals surface area contributed by atoms with E-state index in [1.807, 2.05) is 0 Å². The number of benzene rings is 1. The third-order valence-corrected chi connectivity index (χ3v) is 3.71. The van der Waals surface area contributed by atoms with Gasteiger partial charge in [0.1, 0.15) is 0 Å². The number of sulfonamides is 1. The Hall–Kier alpha value is -1.07.